The van der Waals surface area contributed by atoms with Crippen molar-refractivity contribution in [2.45, 2.75) is 19.0 Å². The van der Waals surface area contributed by atoms with Crippen molar-refractivity contribution in [2.24, 2.45) is 5.92 Å². The fourth-order valence-electron chi connectivity index (χ4n) is 3.05. The number of carboxylic acid groups (broad SMARTS) is 1. The lowest BCUT2D eigenvalue weighted by Gasteiger charge is -2.22. The molecular formula is C23H21ClF3N5O4. The first-order valence-corrected chi connectivity index (χ1v) is 10.8. The third-order valence-electron chi connectivity index (χ3n) is 4.82. The number of nitriles is 1. The molecule has 0 spiro atoms. The fourth-order valence-corrected chi connectivity index (χ4v) is 3.16. The molecule has 1 aliphatic heterocycles. The lowest BCUT2D eigenvalue weighted by atomic mass is 9.97. The van der Waals surface area contributed by atoms with Crippen molar-refractivity contribution in [3.8, 4) is 6.07 Å². The summed E-state index contributed by atoms with van der Waals surface area (Å²) in [6.45, 7) is 1.59. The third kappa shape index (κ3) is 9.01. The number of nitrogens with one attached hydrogen (secondary N) is 3. The molecule has 2 amide bonds. The van der Waals surface area contributed by atoms with Crippen LogP contribution in [0.2, 0.25) is 5.02 Å². The zero-order valence-corrected chi connectivity index (χ0v) is 19.4. The second-order valence-electron chi connectivity index (χ2n) is 7.40. The quantitative estimate of drug-likeness (QED) is 0.432. The summed E-state index contributed by atoms with van der Waals surface area (Å²) in [5.74, 6) is -3.04. The minimum atomic E-state index is -5.08. The van der Waals surface area contributed by atoms with Crippen LogP contribution >= 0.6 is 11.6 Å². The van der Waals surface area contributed by atoms with E-state index in [2.05, 4.69) is 20.9 Å². The van der Waals surface area contributed by atoms with Crippen LogP contribution in [0.1, 0.15) is 28.8 Å². The molecule has 0 saturated carbocycles. The van der Waals surface area contributed by atoms with E-state index in [0.29, 0.717) is 22.1 Å². The van der Waals surface area contributed by atoms with Crippen molar-refractivity contribution in [3.05, 3.63) is 58.8 Å². The molecule has 190 valence electrons. The van der Waals surface area contributed by atoms with E-state index in [1.807, 2.05) is 6.07 Å². The second-order valence-corrected chi connectivity index (χ2v) is 7.84. The lowest BCUT2D eigenvalue weighted by molar-refractivity contribution is -0.192. The molecule has 36 heavy (non-hydrogen) atoms. The van der Waals surface area contributed by atoms with Crippen LogP contribution in [-0.2, 0) is 9.59 Å². The van der Waals surface area contributed by atoms with Crippen molar-refractivity contribution in [2.75, 3.05) is 23.7 Å². The molecule has 1 aromatic carbocycles. The number of aliphatic carboxylic acids is 1. The van der Waals surface area contributed by atoms with Crippen molar-refractivity contribution in [1.29, 1.82) is 5.26 Å². The molecule has 0 aliphatic carbocycles. The monoisotopic (exact) mass is 523 g/mol. The highest BCUT2D eigenvalue weighted by Gasteiger charge is 2.38. The normalized spacial score (nSPS) is 13.8. The number of halogens is 4. The SMILES string of the molecule is N#CC=Cc1ccc(NC(=O)C2CCNCC2)c(C(=O)Nc2ccc(Cl)cn2)c1.O=C(O)C(F)(F)F. The number of rotatable bonds is 5. The largest absolute Gasteiger partial charge is 0.490 e. The highest BCUT2D eigenvalue weighted by Crippen LogP contribution is 2.23. The van der Waals surface area contributed by atoms with Gasteiger partial charge in [0, 0.05) is 18.2 Å². The first kappa shape index (κ1) is 28.3. The van der Waals surface area contributed by atoms with Crippen LogP contribution in [0.3, 0.4) is 0 Å². The summed E-state index contributed by atoms with van der Waals surface area (Å²) in [6.07, 6.45) is 0.778. The number of pyridine rings is 1. The predicted octanol–water partition coefficient (Wildman–Crippen LogP) is 4.10. The molecule has 0 unspecified atom stereocenters. The number of carboxylic acids is 1. The van der Waals surface area contributed by atoms with Crippen LogP contribution in [0.5, 0.6) is 0 Å². The molecule has 0 bridgehead atoms. The average Bonchev–Trinajstić information content (AvgIpc) is 2.85. The summed E-state index contributed by atoms with van der Waals surface area (Å²) in [5, 5.41) is 25.1. The number of carbonyl (C=O) groups excluding carboxylic acids is 2. The van der Waals surface area contributed by atoms with Gasteiger partial charge in [0.1, 0.15) is 5.82 Å². The Morgan fingerprint density at radius 1 is 1.17 bits per heavy atom. The molecule has 13 heteroatoms. The number of aromatic nitrogens is 1. The Morgan fingerprint density at radius 3 is 2.39 bits per heavy atom. The zero-order valence-electron chi connectivity index (χ0n) is 18.6. The van der Waals surface area contributed by atoms with Gasteiger partial charge in [0.15, 0.2) is 0 Å². The molecule has 1 aliphatic rings. The number of piperidine rings is 1. The molecule has 1 saturated heterocycles. The van der Waals surface area contributed by atoms with Gasteiger partial charge in [-0.25, -0.2) is 9.78 Å². The van der Waals surface area contributed by atoms with Gasteiger partial charge in [-0.2, -0.15) is 18.4 Å². The Hall–Kier alpha value is -3.95. The first-order valence-electron chi connectivity index (χ1n) is 10.5. The Kier molecular flexibility index (Phi) is 10.4. The number of hydrogen-bond acceptors (Lipinski definition) is 6. The van der Waals surface area contributed by atoms with Crippen LogP contribution in [0, 0.1) is 17.2 Å². The van der Waals surface area contributed by atoms with Crippen molar-refractivity contribution >= 4 is 47.0 Å². The molecular weight excluding hydrogens is 503 g/mol. The summed E-state index contributed by atoms with van der Waals surface area (Å²) in [4.78, 5) is 38.5. The number of benzene rings is 1. The maximum Gasteiger partial charge on any atom is 0.490 e. The fraction of sp³-hybridized carbons (Fsp3) is 0.261. The second kappa shape index (κ2) is 13.2. The van der Waals surface area contributed by atoms with Crippen LogP contribution < -0.4 is 16.0 Å². The van der Waals surface area contributed by atoms with E-state index in [-0.39, 0.29) is 17.4 Å². The maximum atomic E-state index is 12.9. The molecule has 0 radical (unpaired) electrons. The topological polar surface area (TPSA) is 144 Å². The zero-order chi connectivity index (χ0) is 26.7. The Bertz CT molecular complexity index is 1160. The van der Waals surface area contributed by atoms with Gasteiger partial charge in [-0.3, -0.25) is 9.59 Å². The number of amides is 2. The predicted molar refractivity (Wildman–Crippen MR) is 126 cm³/mol. The minimum Gasteiger partial charge on any atom is -0.475 e. The summed E-state index contributed by atoms with van der Waals surface area (Å²) >= 11 is 5.83. The van der Waals surface area contributed by atoms with E-state index >= 15 is 0 Å². The number of allylic oxidation sites excluding steroid dienone is 1. The van der Waals surface area contributed by atoms with Gasteiger partial charge in [-0.15, -0.1) is 0 Å². The van der Waals surface area contributed by atoms with Gasteiger partial charge in [0.25, 0.3) is 5.91 Å². The molecule has 2 heterocycles. The Labute approximate surface area is 209 Å². The van der Waals surface area contributed by atoms with Crippen molar-refractivity contribution < 1.29 is 32.7 Å². The van der Waals surface area contributed by atoms with Gasteiger partial charge in [0.05, 0.1) is 22.3 Å². The van der Waals surface area contributed by atoms with Crippen LogP contribution in [0.15, 0.2) is 42.6 Å². The summed E-state index contributed by atoms with van der Waals surface area (Å²) in [5.41, 5.74) is 1.36. The van der Waals surface area contributed by atoms with Crippen LogP contribution in [-0.4, -0.2) is 47.1 Å². The van der Waals surface area contributed by atoms with E-state index in [9.17, 15) is 22.8 Å². The van der Waals surface area contributed by atoms with Gasteiger partial charge in [-0.1, -0.05) is 17.7 Å². The molecule has 2 aromatic rings. The Morgan fingerprint density at radius 2 is 1.83 bits per heavy atom. The number of carbonyl (C=O) groups is 3. The van der Waals surface area contributed by atoms with Gasteiger partial charge in [0.2, 0.25) is 5.91 Å². The maximum absolute atomic E-state index is 12.9. The first-order chi connectivity index (χ1) is 17.0. The van der Waals surface area contributed by atoms with Crippen molar-refractivity contribution in [1.82, 2.24) is 10.3 Å². The van der Waals surface area contributed by atoms with E-state index in [0.717, 1.165) is 25.9 Å². The molecule has 4 N–H and O–H groups in total. The highest BCUT2D eigenvalue weighted by molar-refractivity contribution is 6.30. The molecule has 9 nitrogen and oxygen atoms in total. The number of anilines is 2. The summed E-state index contributed by atoms with van der Waals surface area (Å²) < 4.78 is 31.7. The molecule has 3 rings (SSSR count). The van der Waals surface area contributed by atoms with Crippen LogP contribution in [0.25, 0.3) is 6.08 Å². The standard InChI is InChI=1S/C21H20ClN5O2.C2HF3O2/c22-16-4-6-19(25-13-16)27-21(29)17-12-14(2-1-9-23)3-5-18(17)26-20(28)15-7-10-24-11-8-15;3-2(4,5)1(6)7/h1-6,12-13,15,24H,7-8,10-11H2,(H,26,28)(H,25,27,29);(H,6,7). The Balaban J connectivity index is 0.000000572. The highest BCUT2D eigenvalue weighted by atomic mass is 35.5. The number of nitrogens with zero attached hydrogens (tertiary/aromatic N) is 2. The van der Waals surface area contributed by atoms with Gasteiger partial charge < -0.3 is 21.1 Å². The molecule has 1 aromatic heterocycles. The van der Waals surface area contributed by atoms with E-state index < -0.39 is 18.1 Å². The third-order valence-corrected chi connectivity index (χ3v) is 5.04. The summed E-state index contributed by atoms with van der Waals surface area (Å²) in [6, 6.07) is 10.2. The molecule has 0 atom stereocenters. The minimum absolute atomic E-state index is 0.0942. The van der Waals surface area contributed by atoms with E-state index in [1.165, 1.54) is 12.3 Å². The number of alkyl halides is 3. The van der Waals surface area contributed by atoms with E-state index in [1.54, 1.807) is 36.4 Å². The van der Waals surface area contributed by atoms with Gasteiger partial charge in [-0.05, 0) is 61.8 Å². The van der Waals surface area contributed by atoms with Gasteiger partial charge >= 0.3 is 12.1 Å². The molecule has 1 fully saturated rings. The van der Waals surface area contributed by atoms with Crippen LogP contribution in [0.4, 0.5) is 24.7 Å². The van der Waals surface area contributed by atoms with E-state index in [4.69, 9.17) is 26.8 Å². The lowest BCUT2D eigenvalue weighted by Crippen LogP contribution is -2.35. The average molecular weight is 524 g/mol. The smallest absolute Gasteiger partial charge is 0.475 e. The van der Waals surface area contributed by atoms with Crippen molar-refractivity contribution in [3.63, 3.8) is 0 Å². The summed E-state index contributed by atoms with van der Waals surface area (Å²) in [7, 11) is 0. The number of hydrogen-bond donors (Lipinski definition) is 4.